The Morgan fingerprint density at radius 2 is 2.00 bits per heavy atom. The highest BCUT2D eigenvalue weighted by Gasteiger charge is 2.06. The van der Waals surface area contributed by atoms with E-state index in [1.54, 1.807) is 0 Å². The van der Waals surface area contributed by atoms with Crippen LogP contribution in [0.5, 0.6) is 0 Å². The second-order valence-corrected chi connectivity index (χ2v) is 4.98. The van der Waals surface area contributed by atoms with Crippen molar-refractivity contribution in [2.24, 2.45) is 0 Å². The maximum atomic E-state index is 11.3. The lowest BCUT2D eigenvalue weighted by Gasteiger charge is -2.14. The lowest BCUT2D eigenvalue weighted by atomic mass is 10.3. The average Bonchev–Trinajstić information content (AvgIpc) is 2.11. The fourth-order valence-electron chi connectivity index (χ4n) is 0.959. The van der Waals surface area contributed by atoms with Gasteiger partial charge in [-0.15, -0.1) is 0 Å². The van der Waals surface area contributed by atoms with Gasteiger partial charge in [-0.3, -0.25) is 4.79 Å². The lowest BCUT2D eigenvalue weighted by Crippen LogP contribution is -2.41. The topological polar surface area (TPSA) is 41.1 Å². The van der Waals surface area contributed by atoms with Crippen molar-refractivity contribution in [3.8, 4) is 0 Å². The fourth-order valence-corrected chi connectivity index (χ4v) is 1.63. The summed E-state index contributed by atoms with van der Waals surface area (Å²) in [6, 6.07) is 0.627. The van der Waals surface area contributed by atoms with Crippen LogP contribution in [0.4, 0.5) is 0 Å². The van der Waals surface area contributed by atoms with Gasteiger partial charge in [0.1, 0.15) is 0 Å². The summed E-state index contributed by atoms with van der Waals surface area (Å²) < 4.78 is 0. The molecule has 0 rings (SSSR count). The molecule has 0 saturated heterocycles. The molecule has 0 spiro atoms. The van der Waals surface area contributed by atoms with Crippen LogP contribution in [-0.4, -0.2) is 36.0 Å². The highest BCUT2D eigenvalue weighted by atomic mass is 32.2. The van der Waals surface area contributed by atoms with Crippen LogP contribution in [-0.2, 0) is 4.79 Å². The Bertz CT molecular complexity index is 162. The molecular formula is C10H22N2OS. The van der Waals surface area contributed by atoms with Gasteiger partial charge in [0.25, 0.3) is 0 Å². The van der Waals surface area contributed by atoms with E-state index in [-0.39, 0.29) is 11.9 Å². The van der Waals surface area contributed by atoms with E-state index in [2.05, 4.69) is 17.6 Å². The molecule has 14 heavy (non-hydrogen) atoms. The van der Waals surface area contributed by atoms with Crippen molar-refractivity contribution in [2.75, 3.05) is 18.1 Å². The van der Waals surface area contributed by atoms with Crippen molar-refractivity contribution in [1.29, 1.82) is 0 Å². The molecule has 1 atom stereocenters. The fraction of sp³-hybridized carbons (Fsp3) is 0.900. The molecule has 0 aromatic heterocycles. The van der Waals surface area contributed by atoms with Crippen LogP contribution in [0.15, 0.2) is 0 Å². The standard InChI is InChI=1S/C10H22N2OS/c1-5-14-7-9(4)12-10(13)6-11-8(2)3/h8-9,11H,5-7H2,1-4H3,(H,12,13). The molecule has 1 unspecified atom stereocenters. The van der Waals surface area contributed by atoms with Crippen LogP contribution in [0.1, 0.15) is 27.7 Å². The van der Waals surface area contributed by atoms with Crippen LogP contribution < -0.4 is 10.6 Å². The molecule has 0 aliphatic carbocycles. The summed E-state index contributed by atoms with van der Waals surface area (Å²) in [5.41, 5.74) is 0. The molecule has 0 bridgehead atoms. The summed E-state index contributed by atoms with van der Waals surface area (Å²) in [7, 11) is 0. The minimum Gasteiger partial charge on any atom is -0.352 e. The van der Waals surface area contributed by atoms with E-state index in [0.717, 1.165) is 11.5 Å². The normalized spacial score (nSPS) is 12.9. The number of hydrogen-bond acceptors (Lipinski definition) is 3. The van der Waals surface area contributed by atoms with Gasteiger partial charge in [0.15, 0.2) is 0 Å². The van der Waals surface area contributed by atoms with Gasteiger partial charge >= 0.3 is 0 Å². The third-order valence-electron chi connectivity index (χ3n) is 1.65. The van der Waals surface area contributed by atoms with Crippen LogP contribution in [0.2, 0.25) is 0 Å². The van der Waals surface area contributed by atoms with Crippen molar-refractivity contribution in [3.63, 3.8) is 0 Å². The SMILES string of the molecule is CCSCC(C)NC(=O)CNC(C)C. The Kier molecular flexibility index (Phi) is 7.99. The van der Waals surface area contributed by atoms with Crippen molar-refractivity contribution < 1.29 is 4.79 Å². The van der Waals surface area contributed by atoms with Crippen LogP contribution in [0, 0.1) is 0 Å². The molecule has 0 heterocycles. The number of thioether (sulfide) groups is 1. The first-order valence-corrected chi connectivity index (χ1v) is 6.32. The Morgan fingerprint density at radius 1 is 1.36 bits per heavy atom. The van der Waals surface area contributed by atoms with E-state index in [4.69, 9.17) is 0 Å². The van der Waals surface area contributed by atoms with Gasteiger partial charge in [0.2, 0.25) is 5.91 Å². The predicted octanol–water partition coefficient (Wildman–Crippen LogP) is 1.24. The summed E-state index contributed by atoms with van der Waals surface area (Å²) >= 11 is 1.85. The number of carbonyl (C=O) groups excluding carboxylic acids is 1. The summed E-state index contributed by atoms with van der Waals surface area (Å²) in [4.78, 5) is 11.3. The molecule has 84 valence electrons. The molecule has 0 aromatic carbocycles. The minimum absolute atomic E-state index is 0.0860. The van der Waals surface area contributed by atoms with E-state index < -0.39 is 0 Å². The Morgan fingerprint density at radius 3 is 2.50 bits per heavy atom. The van der Waals surface area contributed by atoms with Crippen LogP contribution in [0.3, 0.4) is 0 Å². The highest BCUT2D eigenvalue weighted by molar-refractivity contribution is 7.99. The summed E-state index contributed by atoms with van der Waals surface area (Å²) in [6.07, 6.45) is 0. The van der Waals surface area contributed by atoms with E-state index in [0.29, 0.717) is 12.6 Å². The minimum atomic E-state index is 0.0860. The molecule has 0 fully saturated rings. The van der Waals surface area contributed by atoms with Crippen LogP contribution >= 0.6 is 11.8 Å². The van der Waals surface area contributed by atoms with Crippen molar-refractivity contribution in [1.82, 2.24) is 10.6 Å². The lowest BCUT2D eigenvalue weighted by molar-refractivity contribution is -0.120. The van der Waals surface area contributed by atoms with Gasteiger partial charge in [-0.2, -0.15) is 11.8 Å². The molecule has 1 amide bonds. The van der Waals surface area contributed by atoms with Gasteiger partial charge in [0.05, 0.1) is 6.54 Å². The zero-order valence-corrected chi connectivity index (χ0v) is 10.4. The molecule has 2 N–H and O–H groups in total. The summed E-state index contributed by atoms with van der Waals surface area (Å²) in [5.74, 6) is 2.18. The van der Waals surface area contributed by atoms with Gasteiger partial charge in [-0.05, 0) is 12.7 Å². The molecule has 4 heteroatoms. The first-order valence-electron chi connectivity index (χ1n) is 5.16. The molecule has 3 nitrogen and oxygen atoms in total. The van der Waals surface area contributed by atoms with E-state index >= 15 is 0 Å². The maximum absolute atomic E-state index is 11.3. The van der Waals surface area contributed by atoms with E-state index in [9.17, 15) is 4.79 Å². The average molecular weight is 218 g/mol. The van der Waals surface area contributed by atoms with Gasteiger partial charge in [-0.25, -0.2) is 0 Å². The number of rotatable bonds is 7. The van der Waals surface area contributed by atoms with Crippen molar-refractivity contribution in [2.45, 2.75) is 39.8 Å². The zero-order valence-electron chi connectivity index (χ0n) is 9.59. The van der Waals surface area contributed by atoms with E-state index in [1.165, 1.54) is 0 Å². The van der Waals surface area contributed by atoms with E-state index in [1.807, 2.05) is 32.5 Å². The van der Waals surface area contributed by atoms with Gasteiger partial charge in [0, 0.05) is 17.8 Å². The summed E-state index contributed by atoms with van der Waals surface area (Å²) in [6.45, 7) is 8.64. The third kappa shape index (κ3) is 8.38. The highest BCUT2D eigenvalue weighted by Crippen LogP contribution is 2.00. The Balaban J connectivity index is 3.50. The Hall–Kier alpha value is -0.220. The van der Waals surface area contributed by atoms with Crippen molar-refractivity contribution >= 4 is 17.7 Å². The van der Waals surface area contributed by atoms with Crippen molar-refractivity contribution in [3.05, 3.63) is 0 Å². The second-order valence-electron chi connectivity index (χ2n) is 3.66. The third-order valence-corrected chi connectivity index (χ3v) is 2.79. The largest absolute Gasteiger partial charge is 0.352 e. The molecule has 0 saturated carbocycles. The van der Waals surface area contributed by atoms with Gasteiger partial charge < -0.3 is 10.6 Å². The molecule has 0 radical (unpaired) electrons. The van der Waals surface area contributed by atoms with Crippen LogP contribution in [0.25, 0.3) is 0 Å². The first-order chi connectivity index (χ1) is 6.56. The number of nitrogens with one attached hydrogen (secondary N) is 2. The maximum Gasteiger partial charge on any atom is 0.234 e. The predicted molar refractivity (Wildman–Crippen MR) is 63.7 cm³/mol. The Labute approximate surface area is 91.4 Å². The number of hydrogen-bond donors (Lipinski definition) is 2. The molecule has 0 aliphatic heterocycles. The number of carbonyl (C=O) groups is 1. The first kappa shape index (κ1) is 13.8. The quantitative estimate of drug-likeness (QED) is 0.675. The molecule has 0 aromatic rings. The second kappa shape index (κ2) is 8.12. The van der Waals surface area contributed by atoms with Gasteiger partial charge in [-0.1, -0.05) is 20.8 Å². The zero-order chi connectivity index (χ0) is 11.0. The number of amides is 1. The molecular weight excluding hydrogens is 196 g/mol. The monoisotopic (exact) mass is 218 g/mol. The smallest absolute Gasteiger partial charge is 0.234 e. The molecule has 0 aliphatic rings. The summed E-state index contributed by atoms with van der Waals surface area (Å²) in [5, 5.41) is 6.04.